The molecule has 4 nitrogen and oxygen atoms in total. The minimum Gasteiger partial charge on any atom is -0.392 e. The highest BCUT2D eigenvalue weighted by Crippen LogP contribution is 2.34. The van der Waals surface area contributed by atoms with Gasteiger partial charge in [0.05, 0.1) is 21.3 Å². The van der Waals surface area contributed by atoms with E-state index in [2.05, 4.69) is 16.9 Å². The summed E-state index contributed by atoms with van der Waals surface area (Å²) in [5.41, 5.74) is 4.07. The number of thiocarbonyl (C=S) groups is 1. The van der Waals surface area contributed by atoms with Gasteiger partial charge in [-0.15, -0.1) is 0 Å². The molecule has 0 aromatic heterocycles. The maximum absolute atomic E-state index is 12.4. The van der Waals surface area contributed by atoms with Gasteiger partial charge in [0.15, 0.2) is 0 Å². The van der Waals surface area contributed by atoms with E-state index in [1.165, 1.54) is 6.92 Å². The second-order valence-electron chi connectivity index (χ2n) is 3.88. The van der Waals surface area contributed by atoms with Gasteiger partial charge in [-0.05, 0) is 25.1 Å². The van der Waals surface area contributed by atoms with Gasteiger partial charge in [0.25, 0.3) is 0 Å². The van der Waals surface area contributed by atoms with Gasteiger partial charge in [-0.25, -0.2) is 8.42 Å². The molecular weight excluding hydrogens is 337 g/mol. The number of nitrogens with two attached hydrogens (primary N) is 1. The molecule has 112 valence electrons. The van der Waals surface area contributed by atoms with Crippen molar-refractivity contribution in [1.82, 2.24) is 0 Å². The molecule has 1 aromatic carbocycles. The topological polar surface area (TPSA) is 72.2 Å². The zero-order chi connectivity index (χ0) is 15.7. The molecule has 0 spiro atoms. The third kappa shape index (κ3) is 3.97. The van der Waals surface area contributed by atoms with Gasteiger partial charge in [-0.1, -0.05) is 23.8 Å². The Morgan fingerprint density at radius 1 is 1.45 bits per heavy atom. The number of nitrogens with one attached hydrogen (secondary N) is 1. The Morgan fingerprint density at radius 2 is 2.00 bits per heavy atom. The second-order valence-corrected chi connectivity index (χ2v) is 6.76. The summed E-state index contributed by atoms with van der Waals surface area (Å²) in [5.74, 6) is 0. The van der Waals surface area contributed by atoms with Crippen LogP contribution >= 0.6 is 23.8 Å². The number of hydrogen-bond donors (Lipinski definition) is 2. The van der Waals surface area contributed by atoms with Crippen LogP contribution in [-0.4, -0.2) is 18.7 Å². The minimum absolute atomic E-state index is 0.178. The average molecular weight is 347 g/mol. The van der Waals surface area contributed by atoms with Gasteiger partial charge in [-0.3, -0.25) is 4.72 Å². The first-order chi connectivity index (χ1) is 8.95. The van der Waals surface area contributed by atoms with Gasteiger partial charge in [-0.2, -0.15) is 13.2 Å². The van der Waals surface area contributed by atoms with Crippen molar-refractivity contribution >= 4 is 44.5 Å². The van der Waals surface area contributed by atoms with Crippen molar-refractivity contribution in [1.29, 1.82) is 0 Å². The fourth-order valence-electron chi connectivity index (χ4n) is 1.17. The standard InChI is InChI=1S/C10H10ClF3N2O2S2/c1-5(9(15)19)20(17,18)16-8-3-2-6(4-7(8)11)10(12,13)14/h2-5,16H,1H3,(H2,15,19). The molecule has 0 saturated carbocycles. The van der Waals surface area contributed by atoms with Gasteiger partial charge < -0.3 is 5.73 Å². The second kappa shape index (κ2) is 5.74. The summed E-state index contributed by atoms with van der Waals surface area (Å²) < 4.78 is 63.0. The first kappa shape index (κ1) is 17.0. The SMILES string of the molecule is CC(C(N)=S)S(=O)(=O)Nc1ccc(C(F)(F)F)cc1Cl. The van der Waals surface area contributed by atoms with Crippen molar-refractivity contribution in [2.75, 3.05) is 4.72 Å². The van der Waals surface area contributed by atoms with Crippen molar-refractivity contribution in [3.63, 3.8) is 0 Å². The lowest BCUT2D eigenvalue weighted by molar-refractivity contribution is -0.137. The quantitative estimate of drug-likeness (QED) is 0.822. The largest absolute Gasteiger partial charge is 0.416 e. The predicted molar refractivity (Wildman–Crippen MR) is 75.2 cm³/mol. The Kier molecular flexibility index (Phi) is 4.88. The van der Waals surface area contributed by atoms with E-state index in [0.717, 1.165) is 12.1 Å². The summed E-state index contributed by atoms with van der Waals surface area (Å²) in [7, 11) is -3.97. The molecular formula is C10H10ClF3N2O2S2. The Hall–Kier alpha value is -1.06. The maximum Gasteiger partial charge on any atom is 0.416 e. The molecule has 0 heterocycles. The highest BCUT2D eigenvalue weighted by atomic mass is 35.5. The number of anilines is 1. The minimum atomic E-state index is -4.56. The van der Waals surface area contributed by atoms with Crippen molar-refractivity contribution in [2.45, 2.75) is 18.3 Å². The maximum atomic E-state index is 12.4. The van der Waals surface area contributed by atoms with Crippen LogP contribution in [0, 0.1) is 0 Å². The zero-order valence-electron chi connectivity index (χ0n) is 10.0. The Bertz CT molecular complexity index is 632. The molecule has 0 aliphatic carbocycles. The van der Waals surface area contributed by atoms with E-state index in [1.807, 2.05) is 0 Å². The van der Waals surface area contributed by atoms with Crippen LogP contribution in [0.25, 0.3) is 0 Å². The van der Waals surface area contributed by atoms with Crippen LogP contribution in [0.3, 0.4) is 0 Å². The summed E-state index contributed by atoms with van der Waals surface area (Å²) in [6.07, 6.45) is -4.56. The van der Waals surface area contributed by atoms with Crippen LogP contribution in [0.2, 0.25) is 5.02 Å². The molecule has 0 saturated heterocycles. The molecule has 1 aromatic rings. The summed E-state index contributed by atoms with van der Waals surface area (Å²) in [6.45, 7) is 1.25. The fourth-order valence-corrected chi connectivity index (χ4v) is 2.80. The number of hydrogen-bond acceptors (Lipinski definition) is 3. The fraction of sp³-hybridized carbons (Fsp3) is 0.300. The van der Waals surface area contributed by atoms with Crippen molar-refractivity contribution in [3.8, 4) is 0 Å². The summed E-state index contributed by atoms with van der Waals surface area (Å²) in [4.78, 5) is -0.263. The summed E-state index contributed by atoms with van der Waals surface area (Å²) >= 11 is 10.2. The van der Waals surface area contributed by atoms with E-state index in [9.17, 15) is 21.6 Å². The van der Waals surface area contributed by atoms with E-state index in [1.54, 1.807) is 0 Å². The van der Waals surface area contributed by atoms with Crippen LogP contribution < -0.4 is 10.5 Å². The molecule has 0 fully saturated rings. The highest BCUT2D eigenvalue weighted by Gasteiger charge is 2.31. The molecule has 0 radical (unpaired) electrons. The first-order valence-corrected chi connectivity index (χ1v) is 7.46. The lowest BCUT2D eigenvalue weighted by Crippen LogP contribution is -2.35. The molecule has 0 amide bonds. The highest BCUT2D eigenvalue weighted by molar-refractivity contribution is 7.95. The van der Waals surface area contributed by atoms with Gasteiger partial charge in [0, 0.05) is 0 Å². The molecule has 1 unspecified atom stereocenters. The third-order valence-corrected chi connectivity index (χ3v) is 4.92. The summed E-state index contributed by atoms with van der Waals surface area (Å²) in [5, 5.41) is -1.56. The van der Waals surface area contributed by atoms with Crippen molar-refractivity contribution in [2.24, 2.45) is 5.73 Å². The van der Waals surface area contributed by atoms with Crippen LogP contribution in [0.1, 0.15) is 12.5 Å². The monoisotopic (exact) mass is 346 g/mol. The molecule has 10 heteroatoms. The zero-order valence-corrected chi connectivity index (χ0v) is 12.4. The molecule has 0 aliphatic heterocycles. The average Bonchev–Trinajstić information content (AvgIpc) is 2.29. The molecule has 20 heavy (non-hydrogen) atoms. The molecule has 1 rings (SSSR count). The lowest BCUT2D eigenvalue weighted by Gasteiger charge is -2.15. The molecule has 0 bridgehead atoms. The van der Waals surface area contributed by atoms with Gasteiger partial charge in [0.2, 0.25) is 10.0 Å². The van der Waals surface area contributed by atoms with E-state index in [0.29, 0.717) is 6.07 Å². The van der Waals surface area contributed by atoms with Crippen molar-refractivity contribution in [3.05, 3.63) is 28.8 Å². The molecule has 0 aliphatic rings. The number of halogens is 4. The van der Waals surface area contributed by atoms with Crippen LogP contribution in [-0.2, 0) is 16.2 Å². The summed E-state index contributed by atoms with van der Waals surface area (Å²) in [6, 6.07) is 2.27. The number of rotatable bonds is 4. The van der Waals surface area contributed by atoms with E-state index in [4.69, 9.17) is 17.3 Å². The van der Waals surface area contributed by atoms with Crippen molar-refractivity contribution < 1.29 is 21.6 Å². The third-order valence-electron chi connectivity index (χ3n) is 2.41. The van der Waals surface area contributed by atoms with Gasteiger partial charge in [0.1, 0.15) is 5.25 Å². The Morgan fingerprint density at radius 3 is 2.40 bits per heavy atom. The molecule has 1 atom stereocenters. The van der Waals surface area contributed by atoms with Crippen LogP contribution in [0.4, 0.5) is 18.9 Å². The van der Waals surface area contributed by atoms with Crippen LogP contribution in [0.15, 0.2) is 18.2 Å². The number of alkyl halides is 3. The number of benzene rings is 1. The van der Waals surface area contributed by atoms with E-state index in [-0.39, 0.29) is 15.7 Å². The van der Waals surface area contributed by atoms with Gasteiger partial charge >= 0.3 is 6.18 Å². The normalized spacial score (nSPS) is 13.8. The Balaban J connectivity index is 3.09. The first-order valence-electron chi connectivity index (χ1n) is 5.13. The predicted octanol–water partition coefficient (Wildman–Crippen LogP) is 2.78. The van der Waals surface area contributed by atoms with Crippen LogP contribution in [0.5, 0.6) is 0 Å². The number of sulfonamides is 1. The Labute approximate surface area is 124 Å². The van der Waals surface area contributed by atoms with E-state index < -0.39 is 27.0 Å². The smallest absolute Gasteiger partial charge is 0.392 e. The van der Waals surface area contributed by atoms with E-state index >= 15 is 0 Å². The molecule has 3 N–H and O–H groups in total. The lowest BCUT2D eigenvalue weighted by atomic mass is 10.2.